The predicted molar refractivity (Wildman–Crippen MR) is 77.9 cm³/mol. The van der Waals surface area contributed by atoms with Crippen molar-refractivity contribution in [1.82, 2.24) is 15.0 Å². The zero-order valence-corrected chi connectivity index (χ0v) is 12.8. The fourth-order valence-electron chi connectivity index (χ4n) is 1.41. The van der Waals surface area contributed by atoms with Gasteiger partial charge in [-0.2, -0.15) is 15.0 Å². The third kappa shape index (κ3) is 3.94. The lowest BCUT2D eigenvalue weighted by Gasteiger charge is -2.34. The van der Waals surface area contributed by atoms with E-state index in [0.717, 1.165) is 19.4 Å². The van der Waals surface area contributed by atoms with E-state index in [0.29, 0.717) is 17.9 Å². The first-order chi connectivity index (χ1) is 8.94. The molecule has 0 saturated carbocycles. The summed E-state index contributed by atoms with van der Waals surface area (Å²) >= 11 is 0. The summed E-state index contributed by atoms with van der Waals surface area (Å²) in [6, 6.07) is 0.336. The van der Waals surface area contributed by atoms with Crippen molar-refractivity contribution in [3.05, 3.63) is 0 Å². The van der Waals surface area contributed by atoms with Crippen LogP contribution in [0.1, 0.15) is 40.5 Å². The molecule has 0 atom stereocenters. The first kappa shape index (κ1) is 15.5. The Kier molecular flexibility index (Phi) is 5.32. The van der Waals surface area contributed by atoms with Gasteiger partial charge >= 0.3 is 6.01 Å². The van der Waals surface area contributed by atoms with E-state index in [1.54, 1.807) is 7.11 Å². The van der Waals surface area contributed by atoms with Crippen molar-refractivity contribution in [2.24, 2.45) is 0 Å². The summed E-state index contributed by atoms with van der Waals surface area (Å²) in [6.45, 7) is 9.38. The van der Waals surface area contributed by atoms with E-state index in [-0.39, 0.29) is 5.54 Å². The maximum absolute atomic E-state index is 5.14. The van der Waals surface area contributed by atoms with Crippen LogP contribution < -0.4 is 15.0 Å². The second-order valence-corrected chi connectivity index (χ2v) is 5.10. The summed E-state index contributed by atoms with van der Waals surface area (Å²) in [5.74, 6) is 1.18. The van der Waals surface area contributed by atoms with Crippen molar-refractivity contribution in [2.45, 2.75) is 46.1 Å². The van der Waals surface area contributed by atoms with Crippen molar-refractivity contribution in [3.63, 3.8) is 0 Å². The van der Waals surface area contributed by atoms with Crippen LogP contribution in [0.5, 0.6) is 6.01 Å². The molecule has 0 spiro atoms. The van der Waals surface area contributed by atoms with E-state index >= 15 is 0 Å². The summed E-state index contributed by atoms with van der Waals surface area (Å²) in [6.07, 6.45) is 2.01. The highest BCUT2D eigenvalue weighted by Gasteiger charge is 2.24. The summed E-state index contributed by atoms with van der Waals surface area (Å²) in [7, 11) is 3.55. The Morgan fingerprint density at radius 3 is 2.42 bits per heavy atom. The lowest BCUT2D eigenvalue weighted by atomic mass is 10.0. The molecule has 1 aromatic rings. The van der Waals surface area contributed by atoms with Gasteiger partial charge in [0.25, 0.3) is 0 Å². The Bertz CT molecular complexity index is 408. The lowest BCUT2D eigenvalue weighted by molar-refractivity contribution is 0.376. The minimum absolute atomic E-state index is 0.0195. The van der Waals surface area contributed by atoms with Gasteiger partial charge in [0.05, 0.1) is 7.11 Å². The molecule has 0 unspecified atom stereocenters. The molecule has 1 N–H and O–H groups in total. The maximum atomic E-state index is 5.14. The highest BCUT2D eigenvalue weighted by atomic mass is 16.5. The quantitative estimate of drug-likeness (QED) is 0.818. The molecule has 0 saturated heterocycles. The number of hydrogen-bond donors (Lipinski definition) is 1. The van der Waals surface area contributed by atoms with Crippen molar-refractivity contribution in [2.75, 3.05) is 30.9 Å². The van der Waals surface area contributed by atoms with E-state index in [1.807, 2.05) is 11.9 Å². The van der Waals surface area contributed by atoms with Crippen molar-refractivity contribution < 1.29 is 4.74 Å². The van der Waals surface area contributed by atoms with Crippen LogP contribution in [0.3, 0.4) is 0 Å². The number of nitrogens with zero attached hydrogens (tertiary/aromatic N) is 4. The average molecular weight is 267 g/mol. The molecule has 0 radical (unpaired) electrons. The zero-order valence-electron chi connectivity index (χ0n) is 12.8. The Morgan fingerprint density at radius 2 is 1.89 bits per heavy atom. The number of methoxy groups -OCH3 is 1. The smallest absolute Gasteiger partial charge is 0.322 e. The molecule has 1 heterocycles. The molecule has 0 bridgehead atoms. The molecule has 1 rings (SSSR count). The van der Waals surface area contributed by atoms with Crippen LogP contribution in [0.2, 0.25) is 0 Å². The van der Waals surface area contributed by atoms with E-state index in [4.69, 9.17) is 4.74 Å². The molecule has 6 heteroatoms. The van der Waals surface area contributed by atoms with Gasteiger partial charge in [0.15, 0.2) is 0 Å². The fourth-order valence-corrected chi connectivity index (χ4v) is 1.41. The first-order valence-corrected chi connectivity index (χ1v) is 6.72. The van der Waals surface area contributed by atoms with Gasteiger partial charge in [-0.15, -0.1) is 0 Å². The SMILES string of the molecule is CCCNc1nc(OC)nc(N(C)C(C)(C)CC)n1. The van der Waals surface area contributed by atoms with Gasteiger partial charge in [0.2, 0.25) is 11.9 Å². The van der Waals surface area contributed by atoms with Crippen LogP contribution in [-0.2, 0) is 0 Å². The number of anilines is 2. The third-order valence-corrected chi connectivity index (χ3v) is 3.39. The Labute approximate surface area is 115 Å². The third-order valence-electron chi connectivity index (χ3n) is 3.39. The highest BCUT2D eigenvalue weighted by Crippen LogP contribution is 2.23. The van der Waals surface area contributed by atoms with Gasteiger partial charge in [0.1, 0.15) is 0 Å². The molecular formula is C13H25N5O. The first-order valence-electron chi connectivity index (χ1n) is 6.72. The van der Waals surface area contributed by atoms with Crippen LogP contribution in [-0.4, -0.2) is 41.2 Å². The number of aromatic nitrogens is 3. The van der Waals surface area contributed by atoms with Crippen molar-refractivity contribution in [3.8, 4) is 6.01 Å². The molecule has 108 valence electrons. The molecule has 19 heavy (non-hydrogen) atoms. The van der Waals surface area contributed by atoms with E-state index in [1.165, 1.54) is 0 Å². The average Bonchev–Trinajstić information content (AvgIpc) is 2.43. The Hall–Kier alpha value is -1.59. The molecule has 0 aromatic carbocycles. The van der Waals surface area contributed by atoms with Gasteiger partial charge in [-0.25, -0.2) is 0 Å². The van der Waals surface area contributed by atoms with Gasteiger partial charge in [-0.1, -0.05) is 13.8 Å². The second-order valence-electron chi connectivity index (χ2n) is 5.10. The van der Waals surface area contributed by atoms with Crippen LogP contribution in [0.25, 0.3) is 0 Å². The van der Waals surface area contributed by atoms with E-state index in [9.17, 15) is 0 Å². The summed E-state index contributed by atoms with van der Waals surface area (Å²) in [5.41, 5.74) is -0.0195. The standard InChI is InChI=1S/C13H25N5O/c1-7-9-14-10-15-11(17-12(16-10)19-6)18(5)13(3,4)8-2/h7-9H2,1-6H3,(H,14,15,16,17). The van der Waals surface area contributed by atoms with Gasteiger partial charge in [0, 0.05) is 19.1 Å². The molecule has 0 aliphatic carbocycles. The Morgan fingerprint density at radius 1 is 1.21 bits per heavy atom. The predicted octanol–water partition coefficient (Wildman–Crippen LogP) is 2.33. The highest BCUT2D eigenvalue weighted by molar-refractivity contribution is 5.39. The van der Waals surface area contributed by atoms with Gasteiger partial charge in [-0.05, 0) is 26.7 Å². The summed E-state index contributed by atoms with van der Waals surface area (Å²) in [5, 5.41) is 3.16. The summed E-state index contributed by atoms with van der Waals surface area (Å²) in [4.78, 5) is 15.0. The lowest BCUT2D eigenvalue weighted by Crippen LogP contribution is -2.41. The van der Waals surface area contributed by atoms with E-state index < -0.39 is 0 Å². The Balaban J connectivity index is 3.05. The number of ether oxygens (including phenoxy) is 1. The molecule has 6 nitrogen and oxygen atoms in total. The fraction of sp³-hybridized carbons (Fsp3) is 0.769. The second kappa shape index (κ2) is 6.54. The van der Waals surface area contributed by atoms with Crippen LogP contribution in [0.15, 0.2) is 0 Å². The monoisotopic (exact) mass is 267 g/mol. The molecule has 1 aromatic heterocycles. The van der Waals surface area contributed by atoms with Gasteiger partial charge in [-0.3, -0.25) is 0 Å². The molecule has 0 aliphatic rings. The van der Waals surface area contributed by atoms with Gasteiger partial charge < -0.3 is 15.0 Å². The number of rotatable bonds is 7. The van der Waals surface area contributed by atoms with Crippen molar-refractivity contribution in [1.29, 1.82) is 0 Å². The number of hydrogen-bond acceptors (Lipinski definition) is 6. The zero-order chi connectivity index (χ0) is 14.5. The van der Waals surface area contributed by atoms with Crippen LogP contribution in [0, 0.1) is 0 Å². The number of nitrogens with one attached hydrogen (secondary N) is 1. The minimum atomic E-state index is -0.0195. The maximum Gasteiger partial charge on any atom is 0.322 e. The van der Waals surface area contributed by atoms with Crippen molar-refractivity contribution >= 4 is 11.9 Å². The largest absolute Gasteiger partial charge is 0.467 e. The molecule has 0 fully saturated rings. The van der Waals surface area contributed by atoms with E-state index in [2.05, 4.69) is 48.0 Å². The normalized spacial score (nSPS) is 11.3. The minimum Gasteiger partial charge on any atom is -0.467 e. The van der Waals surface area contributed by atoms with Crippen LogP contribution >= 0.6 is 0 Å². The molecular weight excluding hydrogens is 242 g/mol. The topological polar surface area (TPSA) is 63.2 Å². The summed E-state index contributed by atoms with van der Waals surface area (Å²) < 4.78 is 5.14. The molecule has 0 amide bonds. The molecule has 0 aliphatic heterocycles. The van der Waals surface area contributed by atoms with Crippen LogP contribution in [0.4, 0.5) is 11.9 Å².